The van der Waals surface area contributed by atoms with Crippen LogP contribution in [0.25, 0.3) is 16.9 Å². The Labute approximate surface area is 144 Å². The van der Waals surface area contributed by atoms with Crippen LogP contribution < -0.4 is 10.6 Å². The molecule has 1 saturated heterocycles. The van der Waals surface area contributed by atoms with E-state index in [-0.39, 0.29) is 6.04 Å². The summed E-state index contributed by atoms with van der Waals surface area (Å²) >= 11 is 0. The zero-order chi connectivity index (χ0) is 16.8. The molecule has 6 nitrogen and oxygen atoms in total. The van der Waals surface area contributed by atoms with Crippen LogP contribution in [0, 0.1) is 0 Å². The van der Waals surface area contributed by atoms with Gasteiger partial charge in [0, 0.05) is 24.8 Å². The van der Waals surface area contributed by atoms with E-state index < -0.39 is 6.17 Å². The number of halogens is 1. The van der Waals surface area contributed by atoms with Crippen molar-refractivity contribution in [2.45, 2.75) is 31.0 Å². The van der Waals surface area contributed by atoms with E-state index >= 15 is 0 Å². The molecule has 3 aromatic rings. The van der Waals surface area contributed by atoms with Gasteiger partial charge in [-0.15, -0.1) is 0 Å². The molecule has 2 aliphatic rings. The molecule has 2 atom stereocenters. The monoisotopic (exact) mass is 338 g/mol. The molecule has 25 heavy (non-hydrogen) atoms. The van der Waals surface area contributed by atoms with Gasteiger partial charge in [-0.3, -0.25) is 0 Å². The van der Waals surface area contributed by atoms with E-state index in [1.54, 1.807) is 12.4 Å². The Morgan fingerprint density at radius 3 is 2.92 bits per heavy atom. The van der Waals surface area contributed by atoms with Gasteiger partial charge in [-0.05, 0) is 42.5 Å². The largest absolute Gasteiger partial charge is 0.363 e. The van der Waals surface area contributed by atoms with Crippen molar-refractivity contribution in [2.75, 3.05) is 18.4 Å². The highest BCUT2D eigenvalue weighted by Crippen LogP contribution is 2.40. The van der Waals surface area contributed by atoms with E-state index in [2.05, 4.69) is 31.8 Å². The van der Waals surface area contributed by atoms with Crippen molar-refractivity contribution < 1.29 is 4.39 Å². The van der Waals surface area contributed by atoms with Crippen LogP contribution in [-0.4, -0.2) is 44.9 Å². The van der Waals surface area contributed by atoms with Gasteiger partial charge in [0.05, 0.1) is 24.1 Å². The Morgan fingerprint density at radius 2 is 2.12 bits per heavy atom. The molecule has 2 fully saturated rings. The molecular formula is C18H19FN6. The van der Waals surface area contributed by atoms with Crippen LogP contribution in [0.5, 0.6) is 0 Å². The molecule has 7 heteroatoms. The number of rotatable bonds is 4. The fourth-order valence-corrected chi connectivity index (χ4v) is 3.41. The first-order valence-electron chi connectivity index (χ1n) is 8.70. The van der Waals surface area contributed by atoms with Crippen LogP contribution in [0.3, 0.4) is 0 Å². The number of aromatic nitrogens is 4. The van der Waals surface area contributed by atoms with Crippen molar-refractivity contribution in [1.29, 1.82) is 0 Å². The Kier molecular flexibility index (Phi) is 3.41. The van der Waals surface area contributed by atoms with Gasteiger partial charge in [-0.2, -0.15) is 5.10 Å². The Hall–Kier alpha value is -2.54. The van der Waals surface area contributed by atoms with Crippen molar-refractivity contribution in [2.24, 2.45) is 0 Å². The smallest absolute Gasteiger partial charge is 0.154 e. The topological polar surface area (TPSA) is 67.1 Å². The normalized spacial score (nSPS) is 23.2. The Bertz CT molecular complexity index is 919. The van der Waals surface area contributed by atoms with E-state index in [9.17, 15) is 4.39 Å². The summed E-state index contributed by atoms with van der Waals surface area (Å²) < 4.78 is 15.8. The van der Waals surface area contributed by atoms with Gasteiger partial charge in [-0.1, -0.05) is 0 Å². The lowest BCUT2D eigenvalue weighted by molar-refractivity contribution is 0.342. The molecule has 0 unspecified atom stereocenters. The molecule has 128 valence electrons. The highest BCUT2D eigenvalue weighted by molar-refractivity contribution is 5.74. The number of fused-ring (bicyclic) bond motifs is 1. The third-order valence-corrected chi connectivity index (χ3v) is 4.98. The minimum atomic E-state index is -0.920. The van der Waals surface area contributed by atoms with Crippen LogP contribution in [0.4, 0.5) is 10.2 Å². The van der Waals surface area contributed by atoms with Gasteiger partial charge in [0.2, 0.25) is 0 Å². The summed E-state index contributed by atoms with van der Waals surface area (Å²) in [5, 5.41) is 10.9. The number of hydrogen-bond acceptors (Lipinski definition) is 5. The predicted molar refractivity (Wildman–Crippen MR) is 93.4 cm³/mol. The van der Waals surface area contributed by atoms with Crippen molar-refractivity contribution in [3.8, 4) is 11.3 Å². The zero-order valence-corrected chi connectivity index (χ0v) is 13.7. The summed E-state index contributed by atoms with van der Waals surface area (Å²) in [6.45, 7) is 0.967. The first-order valence-corrected chi connectivity index (χ1v) is 8.70. The molecule has 4 heterocycles. The fourth-order valence-electron chi connectivity index (χ4n) is 3.41. The molecule has 1 aliphatic carbocycles. The van der Waals surface area contributed by atoms with Crippen LogP contribution in [0.2, 0.25) is 0 Å². The average molecular weight is 338 g/mol. The maximum atomic E-state index is 13.9. The molecule has 3 aromatic heterocycles. The third kappa shape index (κ3) is 2.64. The van der Waals surface area contributed by atoms with Crippen LogP contribution in [-0.2, 0) is 0 Å². The minimum absolute atomic E-state index is 0.276. The molecule has 0 aromatic carbocycles. The summed E-state index contributed by atoms with van der Waals surface area (Å²) in [4.78, 5) is 8.93. The van der Waals surface area contributed by atoms with Gasteiger partial charge in [0.25, 0.3) is 0 Å². The molecule has 0 spiro atoms. The van der Waals surface area contributed by atoms with E-state index in [1.807, 2.05) is 22.8 Å². The number of nitrogens with one attached hydrogen (secondary N) is 2. The second-order valence-corrected chi connectivity index (χ2v) is 6.80. The van der Waals surface area contributed by atoms with E-state index in [0.29, 0.717) is 24.8 Å². The van der Waals surface area contributed by atoms with Crippen LogP contribution in [0.15, 0.2) is 36.8 Å². The van der Waals surface area contributed by atoms with Crippen LogP contribution in [0.1, 0.15) is 24.3 Å². The number of anilines is 1. The summed E-state index contributed by atoms with van der Waals surface area (Å²) in [6.07, 6.45) is 7.00. The number of hydrogen-bond donors (Lipinski definition) is 2. The van der Waals surface area contributed by atoms with Gasteiger partial charge >= 0.3 is 0 Å². The van der Waals surface area contributed by atoms with E-state index in [4.69, 9.17) is 0 Å². The SMILES string of the molecule is F[C@H]1CNC[C@@H]1Nc1ncccc1-c1cnc2cc(C3CC3)cnn12. The highest BCUT2D eigenvalue weighted by Gasteiger charge is 2.28. The van der Waals surface area contributed by atoms with Crippen molar-refractivity contribution >= 4 is 11.5 Å². The summed E-state index contributed by atoms with van der Waals surface area (Å²) in [6, 6.07) is 5.67. The molecule has 1 saturated carbocycles. The van der Waals surface area contributed by atoms with Crippen molar-refractivity contribution in [3.05, 3.63) is 42.4 Å². The third-order valence-electron chi connectivity index (χ3n) is 4.98. The summed E-state index contributed by atoms with van der Waals surface area (Å²) in [5.74, 6) is 1.30. The molecule has 0 bridgehead atoms. The lowest BCUT2D eigenvalue weighted by Gasteiger charge is -2.17. The van der Waals surface area contributed by atoms with Crippen molar-refractivity contribution in [1.82, 2.24) is 24.9 Å². The Balaban J connectivity index is 1.53. The van der Waals surface area contributed by atoms with Crippen molar-refractivity contribution in [3.63, 3.8) is 0 Å². The lowest BCUT2D eigenvalue weighted by atomic mass is 10.1. The fraction of sp³-hybridized carbons (Fsp3) is 0.389. The van der Waals surface area contributed by atoms with Gasteiger partial charge in [0.1, 0.15) is 12.0 Å². The first-order chi connectivity index (χ1) is 12.3. The molecular weight excluding hydrogens is 319 g/mol. The van der Waals surface area contributed by atoms with Gasteiger partial charge in [-0.25, -0.2) is 18.9 Å². The maximum Gasteiger partial charge on any atom is 0.154 e. The summed E-state index contributed by atoms with van der Waals surface area (Å²) in [5.41, 5.74) is 3.82. The standard InChI is InChI=1S/C18H19FN6/c19-14-8-20-9-15(14)24-18-13(2-1-5-21-18)16-10-22-17-6-12(11-3-4-11)7-23-25(16)17/h1-2,5-7,10-11,14-15,20H,3-4,8-9H2,(H,21,24)/t14-,15-/m0/s1. The second kappa shape index (κ2) is 5.77. The van der Waals surface area contributed by atoms with Gasteiger partial charge < -0.3 is 10.6 Å². The molecule has 2 N–H and O–H groups in total. The zero-order valence-electron chi connectivity index (χ0n) is 13.7. The Morgan fingerprint density at radius 1 is 1.20 bits per heavy atom. The number of imidazole rings is 1. The maximum absolute atomic E-state index is 13.9. The summed E-state index contributed by atoms with van der Waals surface area (Å²) in [7, 11) is 0. The van der Waals surface area contributed by atoms with E-state index in [1.165, 1.54) is 18.4 Å². The lowest BCUT2D eigenvalue weighted by Crippen LogP contribution is -2.30. The highest BCUT2D eigenvalue weighted by atomic mass is 19.1. The number of alkyl halides is 1. The minimum Gasteiger partial charge on any atom is -0.363 e. The van der Waals surface area contributed by atoms with Gasteiger partial charge in [0.15, 0.2) is 5.65 Å². The quantitative estimate of drug-likeness (QED) is 0.765. The number of nitrogens with zero attached hydrogens (tertiary/aromatic N) is 4. The average Bonchev–Trinajstić information content (AvgIpc) is 3.29. The molecule has 5 rings (SSSR count). The first kappa shape index (κ1) is 14.8. The molecule has 0 amide bonds. The molecule has 0 radical (unpaired) electrons. The predicted octanol–water partition coefficient (Wildman–Crippen LogP) is 2.39. The van der Waals surface area contributed by atoms with E-state index in [0.717, 1.165) is 16.9 Å². The second-order valence-electron chi connectivity index (χ2n) is 6.80. The van der Waals surface area contributed by atoms with Crippen LogP contribution >= 0.6 is 0 Å². The molecule has 1 aliphatic heterocycles. The number of pyridine rings is 1.